The van der Waals surface area contributed by atoms with Gasteiger partial charge in [0, 0.05) is 60.5 Å². The van der Waals surface area contributed by atoms with Crippen LogP contribution in [0.15, 0.2) is 176 Å². The minimum Gasteiger partial charge on any atom is -0.310 e. The van der Waals surface area contributed by atoms with Gasteiger partial charge >= 0.3 is 0 Å². The molecule has 0 fully saturated rings. The van der Waals surface area contributed by atoms with E-state index in [4.69, 9.17) is 9.97 Å². The Morgan fingerprint density at radius 3 is 1.76 bits per heavy atom. The fourth-order valence-corrected chi connectivity index (χ4v) is 8.54. The summed E-state index contributed by atoms with van der Waals surface area (Å²) in [6.07, 6.45) is 5.80. The van der Waals surface area contributed by atoms with Crippen LogP contribution >= 0.6 is 0 Å². The zero-order valence-corrected chi connectivity index (χ0v) is 29.5. The zero-order chi connectivity index (χ0) is 35.6. The molecule has 3 aromatic heterocycles. The van der Waals surface area contributed by atoms with Crippen molar-refractivity contribution in [3.63, 3.8) is 0 Å². The van der Waals surface area contributed by atoms with Gasteiger partial charge in [-0.25, -0.2) is 9.97 Å². The van der Waals surface area contributed by atoms with Crippen molar-refractivity contribution in [3.8, 4) is 34.0 Å². The van der Waals surface area contributed by atoms with E-state index in [1.807, 2.05) is 0 Å². The molecular formula is C50H34N4. The first-order valence-corrected chi connectivity index (χ1v) is 18.6. The molecule has 1 atom stereocenters. The van der Waals surface area contributed by atoms with E-state index in [0.29, 0.717) is 0 Å². The molecule has 3 heterocycles. The molecule has 0 aliphatic heterocycles. The summed E-state index contributed by atoms with van der Waals surface area (Å²) in [5, 5.41) is 7.41. The number of hydrogen-bond donors (Lipinski definition) is 0. The first kappa shape index (κ1) is 30.6. The van der Waals surface area contributed by atoms with E-state index < -0.39 is 0 Å². The summed E-state index contributed by atoms with van der Waals surface area (Å²) in [4.78, 5) is 10.5. The minimum atomic E-state index is 0.230. The van der Waals surface area contributed by atoms with Gasteiger partial charge in [-0.05, 0) is 78.7 Å². The van der Waals surface area contributed by atoms with Gasteiger partial charge in [0.25, 0.3) is 0 Å². The lowest BCUT2D eigenvalue weighted by Gasteiger charge is -2.17. The molecule has 0 saturated carbocycles. The molecule has 0 bridgehead atoms. The highest BCUT2D eigenvalue weighted by Crippen LogP contribution is 2.35. The van der Waals surface area contributed by atoms with Crippen LogP contribution in [0, 0.1) is 0 Å². The Kier molecular flexibility index (Phi) is 6.96. The molecule has 0 amide bonds. The third-order valence-electron chi connectivity index (χ3n) is 11.1. The average molecular weight is 691 g/mol. The Balaban J connectivity index is 1.02. The van der Waals surface area contributed by atoms with Gasteiger partial charge in [0.1, 0.15) is 0 Å². The van der Waals surface area contributed by atoms with E-state index in [1.54, 1.807) is 0 Å². The van der Waals surface area contributed by atoms with Gasteiger partial charge < -0.3 is 9.13 Å². The smallest absolute Gasteiger partial charge is 0.160 e. The van der Waals surface area contributed by atoms with Gasteiger partial charge in [-0.2, -0.15) is 0 Å². The van der Waals surface area contributed by atoms with Crippen LogP contribution in [-0.2, 0) is 0 Å². The second-order valence-electron chi connectivity index (χ2n) is 14.2. The van der Waals surface area contributed by atoms with Crippen molar-refractivity contribution in [2.24, 2.45) is 0 Å². The van der Waals surface area contributed by atoms with Crippen molar-refractivity contribution < 1.29 is 0 Å². The van der Waals surface area contributed by atoms with Crippen molar-refractivity contribution in [1.29, 1.82) is 0 Å². The molecule has 0 spiro atoms. The molecule has 1 unspecified atom stereocenters. The number of fused-ring (bicyclic) bond motifs is 7. The third-order valence-corrected chi connectivity index (χ3v) is 11.1. The highest BCUT2D eigenvalue weighted by molar-refractivity contribution is 6.09. The molecule has 0 N–H and O–H groups in total. The van der Waals surface area contributed by atoms with Crippen molar-refractivity contribution in [1.82, 2.24) is 19.1 Å². The number of rotatable bonds is 5. The van der Waals surface area contributed by atoms with Gasteiger partial charge in [-0.3, -0.25) is 0 Å². The molecule has 254 valence electrons. The third kappa shape index (κ3) is 4.84. The predicted molar refractivity (Wildman–Crippen MR) is 224 cm³/mol. The Hall–Kier alpha value is -7.04. The average Bonchev–Trinajstić information content (AvgIpc) is 3.76. The molecule has 11 rings (SSSR count). The standard InChI is InChI=1S/C50H34N4/c1-3-13-33(14-4-1)49-43-32-35(36-26-30-48-42(31-36)41-19-9-12-22-47(41)53(48)37-15-5-2-6-16-37)25-29-44(43)51-50(52-49)34-23-27-38(28-24-34)54-45-20-10-7-17-39(45)40-18-8-11-21-46(40)54/h1-25,27-32,36H,26H2. The molecule has 0 radical (unpaired) electrons. The van der Waals surface area contributed by atoms with Gasteiger partial charge in [0.05, 0.1) is 27.8 Å². The quantitative estimate of drug-likeness (QED) is 0.180. The normalized spacial score (nSPS) is 14.0. The van der Waals surface area contributed by atoms with E-state index in [-0.39, 0.29) is 5.92 Å². The Morgan fingerprint density at radius 1 is 0.463 bits per heavy atom. The van der Waals surface area contributed by atoms with Gasteiger partial charge in [-0.1, -0.05) is 121 Å². The maximum absolute atomic E-state index is 5.29. The monoisotopic (exact) mass is 690 g/mol. The fraction of sp³-hybridized carbons (Fsp3) is 0.0400. The lowest BCUT2D eigenvalue weighted by molar-refractivity contribution is 0.908. The van der Waals surface area contributed by atoms with Crippen molar-refractivity contribution >= 4 is 55.8 Å². The minimum absolute atomic E-state index is 0.230. The molecule has 4 nitrogen and oxygen atoms in total. The second-order valence-corrected chi connectivity index (χ2v) is 14.2. The summed E-state index contributed by atoms with van der Waals surface area (Å²) in [5.41, 5.74) is 11.1. The summed E-state index contributed by atoms with van der Waals surface area (Å²) in [5.74, 6) is 0.951. The highest BCUT2D eigenvalue weighted by Gasteiger charge is 2.19. The molecule has 10 aromatic rings. The van der Waals surface area contributed by atoms with E-state index in [9.17, 15) is 0 Å². The van der Waals surface area contributed by atoms with Crippen LogP contribution in [0.25, 0.3) is 89.8 Å². The zero-order valence-electron chi connectivity index (χ0n) is 29.5. The van der Waals surface area contributed by atoms with Crippen LogP contribution in [-0.4, -0.2) is 19.1 Å². The van der Waals surface area contributed by atoms with E-state index in [1.165, 1.54) is 54.5 Å². The molecule has 1 aliphatic rings. The Morgan fingerprint density at radius 2 is 1.06 bits per heavy atom. The number of nitrogens with zero attached hydrogens (tertiary/aromatic N) is 4. The van der Waals surface area contributed by atoms with Gasteiger partial charge in [0.2, 0.25) is 0 Å². The van der Waals surface area contributed by atoms with Crippen LogP contribution in [0.4, 0.5) is 0 Å². The van der Waals surface area contributed by atoms with Crippen LogP contribution in [0.2, 0.25) is 0 Å². The van der Waals surface area contributed by atoms with Crippen LogP contribution in [0.3, 0.4) is 0 Å². The van der Waals surface area contributed by atoms with Gasteiger partial charge in [0.15, 0.2) is 5.82 Å². The summed E-state index contributed by atoms with van der Waals surface area (Å²) in [6.45, 7) is 0. The lowest BCUT2D eigenvalue weighted by atomic mass is 9.90. The summed E-state index contributed by atoms with van der Waals surface area (Å²) < 4.78 is 4.74. The molecule has 54 heavy (non-hydrogen) atoms. The SMILES string of the molecule is C1=c2c(n(-c3ccccc3)c3ccccc23)=CCC1c1ccc2nc(-c3ccc(-n4c5ccccc5c5ccccc54)cc3)nc(-c3ccccc3)c2c1. The Labute approximate surface area is 312 Å². The maximum Gasteiger partial charge on any atom is 0.160 e. The van der Waals surface area contributed by atoms with E-state index in [0.717, 1.165) is 45.7 Å². The largest absolute Gasteiger partial charge is 0.310 e. The highest BCUT2D eigenvalue weighted by atomic mass is 15.0. The lowest BCUT2D eigenvalue weighted by Crippen LogP contribution is -2.31. The van der Waals surface area contributed by atoms with E-state index in [2.05, 4.69) is 197 Å². The molecule has 1 aliphatic carbocycles. The van der Waals surface area contributed by atoms with Crippen LogP contribution < -0.4 is 10.6 Å². The van der Waals surface area contributed by atoms with Crippen molar-refractivity contribution in [2.45, 2.75) is 12.3 Å². The predicted octanol–water partition coefficient (Wildman–Crippen LogP) is 10.8. The maximum atomic E-state index is 5.29. The number of aromatic nitrogens is 4. The second kappa shape index (κ2) is 12.3. The first-order chi connectivity index (χ1) is 26.8. The van der Waals surface area contributed by atoms with Gasteiger partial charge in [-0.15, -0.1) is 0 Å². The van der Waals surface area contributed by atoms with Crippen LogP contribution in [0.5, 0.6) is 0 Å². The molecule has 0 saturated heterocycles. The summed E-state index contributed by atoms with van der Waals surface area (Å²) in [7, 11) is 0. The summed E-state index contributed by atoms with van der Waals surface area (Å²) in [6, 6.07) is 62.6. The molecule has 7 aromatic carbocycles. The molecule has 4 heteroatoms. The van der Waals surface area contributed by atoms with E-state index >= 15 is 0 Å². The van der Waals surface area contributed by atoms with Crippen molar-refractivity contribution in [2.75, 3.05) is 0 Å². The van der Waals surface area contributed by atoms with Crippen LogP contribution in [0.1, 0.15) is 17.9 Å². The number of para-hydroxylation sites is 4. The fourth-order valence-electron chi connectivity index (χ4n) is 8.54. The number of hydrogen-bond acceptors (Lipinski definition) is 2. The van der Waals surface area contributed by atoms with Crippen molar-refractivity contribution in [3.05, 3.63) is 192 Å². The summed E-state index contributed by atoms with van der Waals surface area (Å²) >= 11 is 0. The Bertz CT molecular complexity index is 3120. The number of benzene rings is 7. The topological polar surface area (TPSA) is 35.6 Å². The molecular weight excluding hydrogens is 657 g/mol. The first-order valence-electron chi connectivity index (χ1n) is 18.6.